The van der Waals surface area contributed by atoms with Crippen LogP contribution in [0.25, 0.3) is 0 Å². The van der Waals surface area contributed by atoms with Gasteiger partial charge in [0.2, 0.25) is 0 Å². The van der Waals surface area contributed by atoms with E-state index in [0.717, 1.165) is 13.0 Å². The van der Waals surface area contributed by atoms with Gasteiger partial charge in [0, 0.05) is 6.54 Å². The Bertz CT molecular complexity index is 370. The molecule has 0 spiro atoms. The molecule has 0 amide bonds. The minimum absolute atomic E-state index is 0. The quantitative estimate of drug-likeness (QED) is 0.223. The predicted octanol–water partition coefficient (Wildman–Crippen LogP) is 2.40. The minimum atomic E-state index is -3.82. The molecule has 0 aliphatic rings. The predicted molar refractivity (Wildman–Crippen MR) is 105 cm³/mol. The molecule has 0 unspecified atom stereocenters. The van der Waals surface area contributed by atoms with Crippen molar-refractivity contribution in [2.45, 2.75) is 96.8 Å². The average molecular weight is 388 g/mol. The molecule has 1 N–H and O–H groups in total. The third kappa shape index (κ3) is 24.9. The molecule has 0 aromatic carbocycles. The summed E-state index contributed by atoms with van der Waals surface area (Å²) in [5, 5.41) is 0. The van der Waals surface area contributed by atoms with Crippen molar-refractivity contribution in [3.8, 4) is 0 Å². The number of nitrogens with zero attached hydrogens (tertiary/aromatic N) is 1. The Kier molecular flexibility index (Phi) is 22.0. The first-order chi connectivity index (χ1) is 11.5. The van der Waals surface area contributed by atoms with E-state index in [9.17, 15) is 8.42 Å². The van der Waals surface area contributed by atoms with Crippen LogP contribution in [0.1, 0.15) is 98.2 Å². The molecule has 0 aliphatic heterocycles. The summed E-state index contributed by atoms with van der Waals surface area (Å²) in [6, 6.07) is 0. The van der Waals surface area contributed by atoms with Gasteiger partial charge in [-0.2, -0.15) is 8.42 Å². The zero-order valence-corrected chi connectivity index (χ0v) is 20.0. The largest absolute Gasteiger partial charge is 1.00 e. The van der Waals surface area contributed by atoms with Crippen molar-refractivity contribution in [3.05, 3.63) is 0 Å². The Morgan fingerprint density at radius 1 is 0.720 bits per heavy atom. The van der Waals surface area contributed by atoms with Crippen LogP contribution in [0.2, 0.25) is 0 Å². The molecule has 4 nitrogen and oxygen atoms in total. The first-order valence-corrected chi connectivity index (χ1v) is 11.7. The maximum Gasteiger partial charge on any atom is 1.00 e. The fraction of sp³-hybridized carbons (Fsp3) is 1.00. The summed E-state index contributed by atoms with van der Waals surface area (Å²) < 4.78 is 30.0. The fourth-order valence-electron chi connectivity index (χ4n) is 2.96. The van der Waals surface area contributed by atoms with Gasteiger partial charge in [-0.15, -0.1) is 0 Å². The van der Waals surface area contributed by atoms with Crippen molar-refractivity contribution in [3.63, 3.8) is 0 Å². The van der Waals surface area contributed by atoms with Gasteiger partial charge in [0.25, 0.3) is 10.1 Å². The molecule has 0 rings (SSSR count). The Morgan fingerprint density at radius 2 is 1.08 bits per heavy atom. The SMILES string of the molecule is CCCCCCCCCCCCCCCCN(C)CCS(=O)(=O)O.[H-].[Na+]. The summed E-state index contributed by atoms with van der Waals surface area (Å²) in [6.07, 6.45) is 18.9. The molecule has 0 heterocycles. The Hall–Kier alpha value is 0.870. The van der Waals surface area contributed by atoms with Crippen LogP contribution in [0.3, 0.4) is 0 Å². The first kappa shape index (κ1) is 28.1. The van der Waals surface area contributed by atoms with Crippen LogP contribution in [0.15, 0.2) is 0 Å². The van der Waals surface area contributed by atoms with Gasteiger partial charge in [-0.3, -0.25) is 4.55 Å². The third-order valence-electron chi connectivity index (χ3n) is 4.62. The van der Waals surface area contributed by atoms with Gasteiger partial charge in [0.05, 0.1) is 5.75 Å². The average Bonchev–Trinajstić information content (AvgIpc) is 2.52. The summed E-state index contributed by atoms with van der Waals surface area (Å²) in [5.41, 5.74) is 0. The summed E-state index contributed by atoms with van der Waals surface area (Å²) >= 11 is 0. The molecule has 0 aromatic heterocycles. The summed E-state index contributed by atoms with van der Waals surface area (Å²) in [4.78, 5) is 1.98. The molecular formula is C19H42NNaO3S. The Morgan fingerprint density at radius 3 is 1.44 bits per heavy atom. The molecular weight excluding hydrogens is 345 g/mol. The molecule has 148 valence electrons. The maximum atomic E-state index is 10.7. The van der Waals surface area contributed by atoms with Crippen LogP contribution in [0.5, 0.6) is 0 Å². The van der Waals surface area contributed by atoms with E-state index in [1.807, 2.05) is 11.9 Å². The van der Waals surface area contributed by atoms with Crippen molar-refractivity contribution in [2.75, 3.05) is 25.9 Å². The monoisotopic (exact) mass is 387 g/mol. The molecule has 0 radical (unpaired) electrons. The van der Waals surface area contributed by atoms with Gasteiger partial charge in [0.15, 0.2) is 0 Å². The summed E-state index contributed by atoms with van der Waals surface area (Å²) in [5.74, 6) is -0.165. The Labute approximate surface area is 181 Å². The van der Waals surface area contributed by atoms with Crippen molar-refractivity contribution >= 4 is 10.1 Å². The van der Waals surface area contributed by atoms with E-state index >= 15 is 0 Å². The van der Waals surface area contributed by atoms with Crippen LogP contribution in [0, 0.1) is 0 Å². The molecule has 0 bridgehead atoms. The second-order valence-corrected chi connectivity index (χ2v) is 8.76. The summed E-state index contributed by atoms with van der Waals surface area (Å²) in [6.45, 7) is 3.59. The zero-order valence-electron chi connectivity index (χ0n) is 18.1. The van der Waals surface area contributed by atoms with E-state index in [0.29, 0.717) is 6.54 Å². The van der Waals surface area contributed by atoms with Gasteiger partial charge in [-0.05, 0) is 20.0 Å². The van der Waals surface area contributed by atoms with Crippen molar-refractivity contribution < 1.29 is 44.0 Å². The number of rotatable bonds is 18. The summed E-state index contributed by atoms with van der Waals surface area (Å²) in [7, 11) is -1.91. The van der Waals surface area contributed by atoms with Crippen LogP contribution in [-0.4, -0.2) is 43.8 Å². The second kappa shape index (κ2) is 19.6. The number of hydrogen-bond donors (Lipinski definition) is 1. The molecule has 0 saturated heterocycles. The smallest absolute Gasteiger partial charge is 1.00 e. The normalized spacial score (nSPS) is 11.7. The molecule has 25 heavy (non-hydrogen) atoms. The topological polar surface area (TPSA) is 57.6 Å². The number of hydrogen-bond acceptors (Lipinski definition) is 3. The van der Waals surface area contributed by atoms with Gasteiger partial charge in [-0.1, -0.05) is 90.4 Å². The fourth-order valence-corrected chi connectivity index (χ4v) is 3.50. The van der Waals surface area contributed by atoms with E-state index in [4.69, 9.17) is 4.55 Å². The van der Waals surface area contributed by atoms with E-state index in [1.54, 1.807) is 0 Å². The molecule has 0 aliphatic carbocycles. The second-order valence-electron chi connectivity index (χ2n) is 7.19. The van der Waals surface area contributed by atoms with Crippen LogP contribution in [-0.2, 0) is 10.1 Å². The van der Waals surface area contributed by atoms with Gasteiger partial charge >= 0.3 is 29.6 Å². The molecule has 0 aromatic rings. The minimum Gasteiger partial charge on any atom is -1.00 e. The molecule has 0 atom stereocenters. The molecule has 0 fully saturated rings. The van der Waals surface area contributed by atoms with E-state index in [1.165, 1.54) is 83.5 Å². The first-order valence-electron chi connectivity index (χ1n) is 10.1. The van der Waals surface area contributed by atoms with Crippen molar-refractivity contribution in [1.29, 1.82) is 0 Å². The van der Waals surface area contributed by atoms with Gasteiger partial charge in [0.1, 0.15) is 0 Å². The third-order valence-corrected chi connectivity index (χ3v) is 5.32. The standard InChI is InChI=1S/C19H41NO3S.Na.H/c1-3-4-5-6-7-8-9-10-11-12-13-14-15-16-17-20(2)18-19-24(21,22)23;;/h3-19H2,1-2H3,(H,21,22,23);;/q;+1;-1. The molecule has 6 heteroatoms. The van der Waals surface area contributed by atoms with Crippen LogP contribution < -0.4 is 29.6 Å². The van der Waals surface area contributed by atoms with E-state index in [-0.39, 0.29) is 36.7 Å². The van der Waals surface area contributed by atoms with Gasteiger partial charge < -0.3 is 6.33 Å². The van der Waals surface area contributed by atoms with Crippen LogP contribution in [0.4, 0.5) is 0 Å². The van der Waals surface area contributed by atoms with Gasteiger partial charge in [-0.25, -0.2) is 0 Å². The van der Waals surface area contributed by atoms with E-state index < -0.39 is 10.1 Å². The zero-order chi connectivity index (χ0) is 18.1. The van der Waals surface area contributed by atoms with Crippen molar-refractivity contribution in [1.82, 2.24) is 4.90 Å². The Balaban J connectivity index is -0.00000264. The number of unbranched alkanes of at least 4 members (excludes halogenated alkanes) is 13. The van der Waals surface area contributed by atoms with Crippen molar-refractivity contribution in [2.24, 2.45) is 0 Å². The molecule has 0 saturated carbocycles. The van der Waals surface area contributed by atoms with Crippen LogP contribution >= 0.6 is 0 Å². The van der Waals surface area contributed by atoms with E-state index in [2.05, 4.69) is 6.92 Å². The maximum absolute atomic E-state index is 10.7.